The zero-order chi connectivity index (χ0) is 40.8. The van der Waals surface area contributed by atoms with Crippen LogP contribution in [-0.4, -0.2) is 85.5 Å². The molecule has 0 aliphatic rings. The second kappa shape index (κ2) is 19.5. The minimum Gasteiger partial charge on any atom is -0.462 e. The van der Waals surface area contributed by atoms with Crippen LogP contribution >= 0.6 is 0 Å². The van der Waals surface area contributed by atoms with Crippen LogP contribution in [0.25, 0.3) is 33.5 Å². The van der Waals surface area contributed by atoms with E-state index in [2.05, 4.69) is 17.2 Å². The second-order valence-corrected chi connectivity index (χ2v) is 13.2. The van der Waals surface area contributed by atoms with Crippen LogP contribution < -0.4 is 20.1 Å². The quantitative estimate of drug-likeness (QED) is 0.0686. The number of nitrogens with one attached hydrogen (secondary N) is 2. The summed E-state index contributed by atoms with van der Waals surface area (Å²) in [7, 11) is 0. The molecule has 16 heteroatoms. The van der Waals surface area contributed by atoms with Gasteiger partial charge in [-0.25, -0.2) is 24.4 Å². The lowest BCUT2D eigenvalue weighted by Crippen LogP contribution is -2.33. The number of amides is 2. The van der Waals surface area contributed by atoms with Crippen molar-refractivity contribution in [1.29, 1.82) is 0 Å². The summed E-state index contributed by atoms with van der Waals surface area (Å²) in [4.78, 5) is 81.5. The molecule has 0 saturated heterocycles. The Morgan fingerprint density at radius 3 is 1.54 bits per heavy atom. The molecule has 0 spiro atoms. The van der Waals surface area contributed by atoms with Crippen LogP contribution in [-0.2, 0) is 38.1 Å². The van der Waals surface area contributed by atoms with Crippen molar-refractivity contribution >= 4 is 47.1 Å². The van der Waals surface area contributed by atoms with E-state index in [9.17, 15) is 28.8 Å². The van der Waals surface area contributed by atoms with Crippen LogP contribution in [0.2, 0.25) is 0 Å². The number of carbonyl (C=O) groups is 6. The lowest BCUT2D eigenvalue weighted by molar-refractivity contribution is -0.157. The fraction of sp³-hybridized carbons (Fsp3) is 0.300. The van der Waals surface area contributed by atoms with E-state index < -0.39 is 54.6 Å². The first-order valence-electron chi connectivity index (χ1n) is 17.3. The Kier molecular flexibility index (Phi) is 14.6. The number of nitrogens with zero attached hydrogens (tertiary/aromatic N) is 2. The Labute approximate surface area is 322 Å². The summed E-state index contributed by atoms with van der Waals surface area (Å²) in [6, 6.07) is 18.7. The van der Waals surface area contributed by atoms with Gasteiger partial charge in [0.05, 0.1) is 27.8 Å². The van der Waals surface area contributed by atoms with Crippen LogP contribution in [0.5, 0.6) is 11.5 Å². The number of fused-ring (bicyclic) bond motifs is 1. The van der Waals surface area contributed by atoms with Crippen LogP contribution in [0.1, 0.15) is 33.3 Å². The molecule has 4 aromatic rings. The molecular weight excluding hydrogens is 728 g/mol. The third-order valence-electron chi connectivity index (χ3n) is 7.37. The maximum absolute atomic E-state index is 12.4. The van der Waals surface area contributed by atoms with Crippen molar-refractivity contribution < 1.29 is 57.2 Å². The van der Waals surface area contributed by atoms with Gasteiger partial charge < -0.3 is 39.1 Å². The lowest BCUT2D eigenvalue weighted by Gasteiger charge is -2.16. The highest BCUT2D eigenvalue weighted by molar-refractivity contribution is 5.88. The molecule has 16 nitrogen and oxygen atoms in total. The van der Waals surface area contributed by atoms with E-state index >= 15 is 0 Å². The number of aryl methyl sites for hydroxylation is 1. The fourth-order valence-corrected chi connectivity index (χ4v) is 4.53. The molecule has 2 N–H and O–H groups in total. The number of hydrogen-bond acceptors (Lipinski definition) is 14. The van der Waals surface area contributed by atoms with E-state index in [1.165, 1.54) is 6.92 Å². The van der Waals surface area contributed by atoms with Crippen molar-refractivity contribution in [3.8, 4) is 34.0 Å². The van der Waals surface area contributed by atoms with Gasteiger partial charge in [0.15, 0.2) is 0 Å². The van der Waals surface area contributed by atoms with Crippen LogP contribution in [0.3, 0.4) is 0 Å². The van der Waals surface area contributed by atoms with Gasteiger partial charge in [0, 0.05) is 16.7 Å². The van der Waals surface area contributed by atoms with E-state index in [0.717, 1.165) is 5.56 Å². The maximum atomic E-state index is 12.4. The Morgan fingerprint density at radius 2 is 1.07 bits per heavy atom. The molecule has 0 aliphatic carbocycles. The zero-order valence-electron chi connectivity index (χ0n) is 31.6. The molecule has 1 heterocycles. The molecule has 294 valence electrons. The number of ether oxygens (including phenoxy) is 6. The second-order valence-electron chi connectivity index (χ2n) is 13.2. The molecule has 0 radical (unpaired) electrons. The minimum atomic E-state index is -0.892. The fourth-order valence-electron chi connectivity index (χ4n) is 4.53. The van der Waals surface area contributed by atoms with Gasteiger partial charge in [-0.2, -0.15) is 0 Å². The van der Waals surface area contributed by atoms with Crippen LogP contribution in [0.4, 0.5) is 9.59 Å². The number of esters is 4. The average molecular weight is 771 g/mol. The molecule has 0 atom stereocenters. The van der Waals surface area contributed by atoms with Gasteiger partial charge in [-0.05, 0) is 101 Å². The Bertz CT molecular complexity index is 2090. The summed E-state index contributed by atoms with van der Waals surface area (Å²) in [6.45, 7) is 10.5. The van der Waals surface area contributed by atoms with Gasteiger partial charge >= 0.3 is 36.1 Å². The monoisotopic (exact) mass is 770 g/mol. The first-order chi connectivity index (χ1) is 26.6. The van der Waals surface area contributed by atoms with Gasteiger partial charge in [0.25, 0.3) is 0 Å². The summed E-state index contributed by atoms with van der Waals surface area (Å²) < 4.78 is 30.3. The standard InChI is InChI=1S/C40H42N4O12/c1-24(2)36(47)53-19-17-51-32(45)22-41-38(49)56-29-14-10-27(11-15-29)35-34(43-30-16-7-25(3)21-31(30)44-35)26-8-12-28(13-9-26)55-39(50)42-23-33(46)52-18-20-54-37(48)40(4,5)6/h7-16,21H,1,17-20,22-23H2,2-6H3,(H,41,49)(H,42,50). The van der Waals surface area contributed by atoms with Crippen molar-refractivity contribution in [1.82, 2.24) is 20.6 Å². The molecule has 1 aromatic heterocycles. The molecule has 56 heavy (non-hydrogen) atoms. The first kappa shape index (κ1) is 41.9. The van der Waals surface area contributed by atoms with E-state index in [-0.39, 0.29) is 43.5 Å². The number of rotatable bonds is 15. The number of carbonyl (C=O) groups excluding carboxylic acids is 6. The third kappa shape index (κ3) is 12.9. The first-order valence-corrected chi connectivity index (χ1v) is 17.3. The van der Waals surface area contributed by atoms with Crippen molar-refractivity contribution in [3.05, 3.63) is 84.4 Å². The van der Waals surface area contributed by atoms with Crippen LogP contribution in [0, 0.1) is 12.3 Å². The van der Waals surface area contributed by atoms with Gasteiger partial charge in [0.2, 0.25) is 0 Å². The molecule has 2 amide bonds. The smallest absolute Gasteiger partial charge is 0.413 e. The molecule has 0 fully saturated rings. The summed E-state index contributed by atoms with van der Waals surface area (Å²) in [5, 5.41) is 4.61. The Hall–Kier alpha value is -6.84. The Balaban J connectivity index is 1.35. The predicted molar refractivity (Wildman–Crippen MR) is 201 cm³/mol. The van der Waals surface area contributed by atoms with E-state index in [4.69, 9.17) is 38.4 Å². The molecule has 0 saturated carbocycles. The van der Waals surface area contributed by atoms with Gasteiger partial charge in [0.1, 0.15) is 51.0 Å². The largest absolute Gasteiger partial charge is 0.462 e. The zero-order valence-corrected chi connectivity index (χ0v) is 31.6. The molecule has 4 rings (SSSR count). The highest BCUT2D eigenvalue weighted by Gasteiger charge is 2.23. The van der Waals surface area contributed by atoms with Crippen LogP contribution in [0.15, 0.2) is 78.9 Å². The lowest BCUT2D eigenvalue weighted by atomic mass is 9.97. The van der Waals surface area contributed by atoms with Crippen molar-refractivity contribution in [2.75, 3.05) is 39.5 Å². The normalized spacial score (nSPS) is 10.8. The topological polar surface area (TPSA) is 208 Å². The number of benzene rings is 3. The molecule has 0 aliphatic heterocycles. The predicted octanol–water partition coefficient (Wildman–Crippen LogP) is 5.24. The summed E-state index contributed by atoms with van der Waals surface area (Å²) >= 11 is 0. The maximum Gasteiger partial charge on any atom is 0.413 e. The molecule has 0 unspecified atom stereocenters. The summed E-state index contributed by atoms with van der Waals surface area (Å²) in [6.07, 6.45) is -1.78. The average Bonchev–Trinajstić information content (AvgIpc) is 3.16. The Morgan fingerprint density at radius 1 is 0.625 bits per heavy atom. The molecule has 0 bridgehead atoms. The SMILES string of the molecule is C=C(C)C(=O)OCCOC(=O)CNC(=O)Oc1ccc(-c2nc3cc(C)ccc3nc2-c2ccc(OC(=O)NCC(=O)OCCOC(=O)C(C)(C)C)cc2)cc1. The summed E-state index contributed by atoms with van der Waals surface area (Å²) in [5.41, 5.74) is 4.18. The van der Waals surface area contributed by atoms with E-state index in [1.54, 1.807) is 69.3 Å². The van der Waals surface area contributed by atoms with E-state index in [1.807, 2.05) is 25.1 Å². The summed E-state index contributed by atoms with van der Waals surface area (Å²) in [5.74, 6) is -2.14. The third-order valence-corrected chi connectivity index (χ3v) is 7.37. The minimum absolute atomic E-state index is 0.109. The molecule has 3 aromatic carbocycles. The highest BCUT2D eigenvalue weighted by Crippen LogP contribution is 2.33. The van der Waals surface area contributed by atoms with Crippen molar-refractivity contribution in [2.45, 2.75) is 34.6 Å². The number of hydrogen-bond donors (Lipinski definition) is 2. The van der Waals surface area contributed by atoms with Crippen molar-refractivity contribution in [3.63, 3.8) is 0 Å². The van der Waals surface area contributed by atoms with Crippen molar-refractivity contribution in [2.24, 2.45) is 5.41 Å². The van der Waals surface area contributed by atoms with Gasteiger partial charge in [-0.1, -0.05) is 12.6 Å². The van der Waals surface area contributed by atoms with Gasteiger partial charge in [-0.3, -0.25) is 14.4 Å². The highest BCUT2D eigenvalue weighted by atomic mass is 16.6. The molecular formula is C40H42N4O12. The number of aromatic nitrogens is 2. The van der Waals surface area contributed by atoms with Gasteiger partial charge in [-0.15, -0.1) is 0 Å². The van der Waals surface area contributed by atoms with E-state index in [0.29, 0.717) is 33.5 Å².